The van der Waals surface area contributed by atoms with Gasteiger partial charge >= 0.3 is 5.97 Å². The number of fused-ring (bicyclic) bond motifs is 5. The minimum absolute atomic E-state index is 0.0613. The molecule has 0 amide bonds. The lowest BCUT2D eigenvalue weighted by Crippen LogP contribution is -2.67. The zero-order valence-corrected chi connectivity index (χ0v) is 19.1. The van der Waals surface area contributed by atoms with E-state index in [-0.39, 0.29) is 16.7 Å². The lowest BCUT2D eigenvalue weighted by Gasteiger charge is -2.70. The number of methoxy groups -OCH3 is 1. The van der Waals surface area contributed by atoms with Gasteiger partial charge in [-0.2, -0.15) is 0 Å². The van der Waals surface area contributed by atoms with Crippen molar-refractivity contribution in [1.29, 1.82) is 0 Å². The van der Waals surface area contributed by atoms with E-state index in [1.165, 1.54) is 32.8 Å². The summed E-state index contributed by atoms with van der Waals surface area (Å²) in [4.78, 5) is 12.2. The van der Waals surface area contributed by atoms with Crippen molar-refractivity contribution in [3.05, 3.63) is 11.6 Å². The van der Waals surface area contributed by atoms with Crippen LogP contribution in [-0.4, -0.2) is 35.5 Å². The summed E-state index contributed by atoms with van der Waals surface area (Å²) in [5.74, 6) is 0.825. The van der Waals surface area contributed by atoms with Crippen molar-refractivity contribution in [3.63, 3.8) is 0 Å². The van der Waals surface area contributed by atoms with Crippen LogP contribution in [0.3, 0.4) is 0 Å². The molecule has 4 heteroatoms. The third-order valence-corrected chi connectivity index (χ3v) is 10.4. The van der Waals surface area contributed by atoms with Crippen LogP contribution in [0.25, 0.3) is 0 Å². The average Bonchev–Trinajstić information content (AvgIpc) is 2.64. The summed E-state index contributed by atoms with van der Waals surface area (Å²) in [6.45, 7) is 11.8. The van der Waals surface area contributed by atoms with Crippen LogP contribution in [0.15, 0.2) is 11.6 Å². The summed E-state index contributed by atoms with van der Waals surface area (Å²) in [6, 6.07) is 0. The Balaban J connectivity index is 1.77. The Morgan fingerprint density at radius 1 is 1.00 bits per heavy atom. The van der Waals surface area contributed by atoms with Gasteiger partial charge in [-0.15, -0.1) is 0 Å². The van der Waals surface area contributed by atoms with Crippen LogP contribution in [-0.2, 0) is 9.53 Å². The summed E-state index contributed by atoms with van der Waals surface area (Å²) in [5, 5.41) is 22.7. The molecule has 0 bridgehead atoms. The summed E-state index contributed by atoms with van der Waals surface area (Å²) in [7, 11) is 1.35. The predicted molar refractivity (Wildman–Crippen MR) is 113 cm³/mol. The minimum atomic E-state index is -0.977. The molecule has 4 aliphatic rings. The Kier molecular flexibility index (Phi) is 4.83. The quantitative estimate of drug-likeness (QED) is 0.632. The molecule has 0 unspecified atom stereocenters. The molecule has 0 aliphatic heterocycles. The van der Waals surface area contributed by atoms with Crippen LogP contribution in [0, 0.1) is 39.4 Å². The van der Waals surface area contributed by atoms with Gasteiger partial charge in [0.2, 0.25) is 0 Å². The number of carbonyl (C=O) groups excluding carboxylic acids is 1. The molecule has 0 saturated heterocycles. The van der Waals surface area contributed by atoms with Gasteiger partial charge in [0.1, 0.15) is 0 Å². The Labute approximate surface area is 176 Å². The molecule has 4 nitrogen and oxygen atoms in total. The fourth-order valence-corrected chi connectivity index (χ4v) is 8.96. The third-order valence-electron chi connectivity index (χ3n) is 10.4. The molecular formula is C25H40O4. The Morgan fingerprint density at radius 2 is 1.66 bits per heavy atom. The van der Waals surface area contributed by atoms with Gasteiger partial charge in [-0.1, -0.05) is 47.1 Å². The first-order chi connectivity index (χ1) is 13.4. The van der Waals surface area contributed by atoms with Crippen LogP contribution in [0.2, 0.25) is 0 Å². The summed E-state index contributed by atoms with van der Waals surface area (Å²) >= 11 is 0. The SMILES string of the molecule is COC(=O)C1=CC[C@H]2[C@]3(C)CC[C@H]4C(C)(C)CCC[C@]4(C)[C@H]3C[C@@H](O)[C@]2(C)[C@H]1O. The largest absolute Gasteiger partial charge is 0.466 e. The van der Waals surface area contributed by atoms with Crippen molar-refractivity contribution in [3.8, 4) is 0 Å². The zero-order valence-electron chi connectivity index (χ0n) is 19.1. The molecule has 3 fully saturated rings. The van der Waals surface area contributed by atoms with Gasteiger partial charge in [0.05, 0.1) is 24.9 Å². The Hall–Kier alpha value is -0.870. The van der Waals surface area contributed by atoms with E-state index in [0.29, 0.717) is 22.8 Å². The number of aliphatic hydroxyl groups is 2. The molecule has 0 heterocycles. The van der Waals surface area contributed by atoms with Gasteiger partial charge in [0.25, 0.3) is 0 Å². The molecule has 0 aromatic rings. The predicted octanol–water partition coefficient (Wildman–Crippen LogP) is 4.49. The van der Waals surface area contributed by atoms with Gasteiger partial charge in [-0.3, -0.25) is 0 Å². The molecule has 0 aromatic carbocycles. The van der Waals surface area contributed by atoms with Gasteiger partial charge in [-0.05, 0) is 72.5 Å². The lowest BCUT2D eigenvalue weighted by molar-refractivity contribution is -0.241. The molecule has 0 spiro atoms. The molecule has 4 rings (SSSR count). The first-order valence-electron chi connectivity index (χ1n) is 11.6. The fraction of sp³-hybridized carbons (Fsp3) is 0.880. The third kappa shape index (κ3) is 2.67. The van der Waals surface area contributed by atoms with Gasteiger partial charge in [-0.25, -0.2) is 4.79 Å². The van der Waals surface area contributed by atoms with E-state index in [0.717, 1.165) is 19.3 Å². The van der Waals surface area contributed by atoms with E-state index < -0.39 is 23.6 Å². The molecule has 0 aromatic heterocycles. The van der Waals surface area contributed by atoms with Crippen LogP contribution >= 0.6 is 0 Å². The van der Waals surface area contributed by atoms with Crippen LogP contribution in [0.5, 0.6) is 0 Å². The van der Waals surface area contributed by atoms with Crippen molar-refractivity contribution >= 4 is 5.97 Å². The van der Waals surface area contributed by atoms with Gasteiger partial charge < -0.3 is 14.9 Å². The number of esters is 1. The second-order valence-corrected chi connectivity index (χ2v) is 12.0. The van der Waals surface area contributed by atoms with Crippen molar-refractivity contribution < 1.29 is 19.7 Å². The summed E-state index contributed by atoms with van der Waals surface area (Å²) in [5.41, 5.74) is 0.257. The summed E-state index contributed by atoms with van der Waals surface area (Å²) in [6.07, 6.45) is 7.91. The number of ether oxygens (including phenoxy) is 1. The maximum Gasteiger partial charge on any atom is 0.336 e. The number of allylic oxidation sites excluding steroid dienone is 1. The second kappa shape index (κ2) is 6.56. The van der Waals surface area contributed by atoms with E-state index >= 15 is 0 Å². The molecule has 8 atom stereocenters. The Bertz CT molecular complexity index is 726. The van der Waals surface area contributed by atoms with E-state index in [1.807, 2.05) is 13.0 Å². The highest BCUT2D eigenvalue weighted by Crippen LogP contribution is 2.72. The van der Waals surface area contributed by atoms with Crippen molar-refractivity contribution in [2.75, 3.05) is 7.11 Å². The zero-order chi connectivity index (χ0) is 21.4. The summed E-state index contributed by atoms with van der Waals surface area (Å²) < 4.78 is 4.91. The highest BCUT2D eigenvalue weighted by atomic mass is 16.5. The standard InChI is InChI=1S/C25H40O4/c1-22(2)11-7-12-23(3)16(22)10-13-24(4)17-9-8-15(21(28)29-6)20(27)25(17,5)19(26)14-18(23)24/h8,16-20,26-27H,7,9-14H2,1-6H3/t16-,17-,18+,19+,20-,23-,24-,25+/m0/s1. The van der Waals surface area contributed by atoms with Crippen LogP contribution in [0.4, 0.5) is 0 Å². The van der Waals surface area contributed by atoms with E-state index in [9.17, 15) is 15.0 Å². The fourth-order valence-electron chi connectivity index (χ4n) is 8.96. The number of hydrogen-bond donors (Lipinski definition) is 2. The van der Waals surface area contributed by atoms with E-state index in [1.54, 1.807) is 0 Å². The van der Waals surface area contributed by atoms with Crippen LogP contribution in [0.1, 0.15) is 79.6 Å². The number of rotatable bonds is 1. The average molecular weight is 405 g/mol. The molecule has 2 N–H and O–H groups in total. The lowest BCUT2D eigenvalue weighted by atomic mass is 9.35. The molecule has 164 valence electrons. The number of carbonyl (C=O) groups is 1. The molecule has 29 heavy (non-hydrogen) atoms. The van der Waals surface area contributed by atoms with Crippen molar-refractivity contribution in [2.45, 2.75) is 91.8 Å². The highest BCUT2D eigenvalue weighted by Gasteiger charge is 2.68. The number of hydrogen-bond acceptors (Lipinski definition) is 4. The van der Waals surface area contributed by atoms with Crippen molar-refractivity contribution in [2.24, 2.45) is 39.4 Å². The highest BCUT2D eigenvalue weighted by molar-refractivity contribution is 5.90. The van der Waals surface area contributed by atoms with Crippen molar-refractivity contribution in [1.82, 2.24) is 0 Å². The molecule has 4 aliphatic carbocycles. The number of aliphatic hydroxyl groups excluding tert-OH is 2. The molecule has 0 radical (unpaired) electrons. The normalized spacial score (nSPS) is 51.2. The monoisotopic (exact) mass is 404 g/mol. The topological polar surface area (TPSA) is 66.8 Å². The minimum Gasteiger partial charge on any atom is -0.466 e. The first-order valence-corrected chi connectivity index (χ1v) is 11.6. The maximum atomic E-state index is 12.2. The first kappa shape index (κ1) is 21.4. The molecule has 3 saturated carbocycles. The molecular weight excluding hydrogens is 364 g/mol. The smallest absolute Gasteiger partial charge is 0.336 e. The van der Waals surface area contributed by atoms with E-state index in [2.05, 4.69) is 27.7 Å². The Morgan fingerprint density at radius 3 is 2.31 bits per heavy atom. The van der Waals surface area contributed by atoms with Gasteiger partial charge in [0, 0.05) is 5.41 Å². The second-order valence-electron chi connectivity index (χ2n) is 12.0. The maximum absolute atomic E-state index is 12.2. The van der Waals surface area contributed by atoms with Crippen LogP contribution < -0.4 is 0 Å². The van der Waals surface area contributed by atoms with E-state index in [4.69, 9.17) is 4.74 Å². The van der Waals surface area contributed by atoms with Gasteiger partial charge in [0.15, 0.2) is 0 Å².